The third kappa shape index (κ3) is 4.43. The minimum Gasteiger partial charge on any atom is -0.338 e. The second kappa shape index (κ2) is 6.87. The Morgan fingerprint density at radius 2 is 1.90 bits per heavy atom. The van der Waals surface area contributed by atoms with Gasteiger partial charge in [0.1, 0.15) is 0 Å². The molecule has 0 radical (unpaired) electrons. The molecule has 0 unspecified atom stereocenters. The van der Waals surface area contributed by atoms with Crippen molar-refractivity contribution in [3.05, 3.63) is 11.7 Å². The van der Waals surface area contributed by atoms with Crippen molar-refractivity contribution in [1.29, 1.82) is 0 Å². The number of nitrogens with two attached hydrogens (primary N) is 1. The fourth-order valence-electron chi connectivity index (χ4n) is 2.61. The lowest BCUT2D eigenvalue weighted by Gasteiger charge is -2.32. The summed E-state index contributed by atoms with van der Waals surface area (Å²) in [6.07, 6.45) is 5.17. The highest BCUT2D eigenvalue weighted by molar-refractivity contribution is 5.85. The Morgan fingerprint density at radius 1 is 1.30 bits per heavy atom. The van der Waals surface area contributed by atoms with E-state index in [2.05, 4.69) is 29.0 Å². The van der Waals surface area contributed by atoms with Crippen molar-refractivity contribution < 1.29 is 4.52 Å². The van der Waals surface area contributed by atoms with Gasteiger partial charge in [-0.1, -0.05) is 12.1 Å². The van der Waals surface area contributed by atoms with Crippen LogP contribution in [0.2, 0.25) is 0 Å². The molecule has 20 heavy (non-hydrogen) atoms. The van der Waals surface area contributed by atoms with Gasteiger partial charge in [-0.15, -0.1) is 12.4 Å². The average Bonchev–Trinajstić information content (AvgIpc) is 2.78. The molecule has 1 fully saturated rings. The minimum atomic E-state index is -0.541. The minimum absolute atomic E-state index is 0. The van der Waals surface area contributed by atoms with Crippen molar-refractivity contribution in [2.75, 3.05) is 7.05 Å². The van der Waals surface area contributed by atoms with E-state index in [-0.39, 0.29) is 12.4 Å². The van der Waals surface area contributed by atoms with Crippen LogP contribution in [-0.2, 0) is 12.1 Å². The third-order valence-corrected chi connectivity index (χ3v) is 4.04. The van der Waals surface area contributed by atoms with E-state index < -0.39 is 5.54 Å². The standard InChI is InChI=1S/C14H26N4O.ClH/c1-10-5-7-11(8-6-10)18(4)9-12-16-13(17-19-12)14(2,3)15;/h10-11H,5-9,15H2,1-4H3;1H. The Balaban J connectivity index is 0.00000200. The SMILES string of the molecule is CC1CCC(N(C)Cc2nc(C(C)(C)N)no2)CC1.Cl. The molecule has 1 aromatic rings. The lowest BCUT2D eigenvalue weighted by atomic mass is 9.87. The number of hydrogen-bond acceptors (Lipinski definition) is 5. The summed E-state index contributed by atoms with van der Waals surface area (Å²) in [6, 6.07) is 0.637. The molecule has 1 heterocycles. The van der Waals surface area contributed by atoms with Crippen LogP contribution in [0, 0.1) is 5.92 Å². The molecular formula is C14H27ClN4O. The maximum absolute atomic E-state index is 5.96. The van der Waals surface area contributed by atoms with Gasteiger partial charge in [-0.25, -0.2) is 0 Å². The first-order valence-corrected chi connectivity index (χ1v) is 7.18. The fourth-order valence-corrected chi connectivity index (χ4v) is 2.61. The summed E-state index contributed by atoms with van der Waals surface area (Å²) in [5.74, 6) is 2.11. The molecule has 0 bridgehead atoms. The van der Waals surface area contributed by atoms with Gasteiger partial charge < -0.3 is 10.3 Å². The zero-order chi connectivity index (χ0) is 14.0. The van der Waals surface area contributed by atoms with Crippen LogP contribution in [0.25, 0.3) is 0 Å². The second-order valence-electron chi connectivity index (χ2n) is 6.56. The van der Waals surface area contributed by atoms with Crippen molar-refractivity contribution in [3.8, 4) is 0 Å². The molecule has 2 N–H and O–H groups in total. The fraction of sp³-hybridized carbons (Fsp3) is 0.857. The lowest BCUT2D eigenvalue weighted by Crippen LogP contribution is -2.34. The zero-order valence-electron chi connectivity index (χ0n) is 12.9. The van der Waals surface area contributed by atoms with Crippen molar-refractivity contribution in [3.63, 3.8) is 0 Å². The van der Waals surface area contributed by atoms with Gasteiger partial charge in [0.2, 0.25) is 5.89 Å². The lowest BCUT2D eigenvalue weighted by molar-refractivity contribution is 0.148. The Kier molecular flexibility index (Phi) is 5.98. The second-order valence-corrected chi connectivity index (χ2v) is 6.56. The number of nitrogens with zero attached hydrogens (tertiary/aromatic N) is 3. The summed E-state index contributed by atoms with van der Waals surface area (Å²) in [5, 5.41) is 3.96. The zero-order valence-corrected chi connectivity index (χ0v) is 13.7. The van der Waals surface area contributed by atoms with Crippen LogP contribution in [0.15, 0.2) is 4.52 Å². The summed E-state index contributed by atoms with van der Waals surface area (Å²) in [5.41, 5.74) is 5.42. The van der Waals surface area contributed by atoms with E-state index in [4.69, 9.17) is 10.3 Å². The number of rotatable bonds is 4. The first kappa shape index (κ1) is 17.4. The van der Waals surface area contributed by atoms with Crippen LogP contribution >= 0.6 is 12.4 Å². The van der Waals surface area contributed by atoms with Gasteiger partial charge in [-0.2, -0.15) is 4.98 Å². The first-order valence-electron chi connectivity index (χ1n) is 7.18. The molecule has 0 aromatic carbocycles. The molecule has 0 saturated heterocycles. The van der Waals surface area contributed by atoms with Crippen LogP contribution < -0.4 is 5.73 Å². The molecule has 0 amide bonds. The van der Waals surface area contributed by atoms with Crippen LogP contribution in [0.3, 0.4) is 0 Å². The summed E-state index contributed by atoms with van der Waals surface area (Å²) in [4.78, 5) is 6.71. The third-order valence-electron chi connectivity index (χ3n) is 4.04. The number of hydrogen-bond donors (Lipinski definition) is 1. The largest absolute Gasteiger partial charge is 0.338 e. The van der Waals surface area contributed by atoms with Gasteiger partial charge in [-0.05, 0) is 52.5 Å². The molecule has 0 spiro atoms. The van der Waals surface area contributed by atoms with Crippen LogP contribution in [0.5, 0.6) is 0 Å². The predicted molar refractivity (Wildman–Crippen MR) is 81.6 cm³/mol. The van der Waals surface area contributed by atoms with Crippen molar-refractivity contribution in [2.24, 2.45) is 11.7 Å². The van der Waals surface area contributed by atoms with Gasteiger partial charge in [0.25, 0.3) is 0 Å². The molecule has 2 rings (SSSR count). The molecule has 0 aliphatic heterocycles. The van der Waals surface area contributed by atoms with E-state index in [1.165, 1.54) is 25.7 Å². The molecule has 1 aliphatic carbocycles. The monoisotopic (exact) mass is 302 g/mol. The van der Waals surface area contributed by atoms with Crippen LogP contribution in [-0.4, -0.2) is 28.1 Å². The summed E-state index contributed by atoms with van der Waals surface area (Å²) in [7, 11) is 2.14. The summed E-state index contributed by atoms with van der Waals surface area (Å²) >= 11 is 0. The Hall–Kier alpha value is -0.650. The number of halogens is 1. The van der Waals surface area contributed by atoms with Crippen molar-refractivity contribution in [2.45, 2.75) is 64.6 Å². The van der Waals surface area contributed by atoms with E-state index in [0.717, 1.165) is 5.92 Å². The molecule has 1 saturated carbocycles. The molecule has 5 nitrogen and oxygen atoms in total. The van der Waals surface area contributed by atoms with E-state index >= 15 is 0 Å². The highest BCUT2D eigenvalue weighted by Crippen LogP contribution is 2.27. The molecular weight excluding hydrogens is 276 g/mol. The highest BCUT2D eigenvalue weighted by Gasteiger charge is 2.25. The topological polar surface area (TPSA) is 68.2 Å². The Morgan fingerprint density at radius 3 is 2.40 bits per heavy atom. The van der Waals surface area contributed by atoms with E-state index in [1.807, 2.05) is 13.8 Å². The molecule has 1 aliphatic rings. The average molecular weight is 303 g/mol. The maximum Gasteiger partial charge on any atom is 0.240 e. The quantitative estimate of drug-likeness (QED) is 0.926. The van der Waals surface area contributed by atoms with Crippen LogP contribution in [0.1, 0.15) is 58.2 Å². The normalized spacial score (nSPS) is 23.7. The number of aromatic nitrogens is 2. The highest BCUT2D eigenvalue weighted by atomic mass is 35.5. The molecule has 6 heteroatoms. The first-order chi connectivity index (χ1) is 8.86. The van der Waals surface area contributed by atoms with Gasteiger partial charge in [0.05, 0.1) is 12.1 Å². The van der Waals surface area contributed by atoms with Gasteiger partial charge >= 0.3 is 0 Å². The van der Waals surface area contributed by atoms with Gasteiger partial charge in [-0.3, -0.25) is 4.90 Å². The molecule has 116 valence electrons. The maximum atomic E-state index is 5.96. The van der Waals surface area contributed by atoms with E-state index in [9.17, 15) is 0 Å². The molecule has 1 aromatic heterocycles. The smallest absolute Gasteiger partial charge is 0.240 e. The van der Waals surface area contributed by atoms with Crippen molar-refractivity contribution in [1.82, 2.24) is 15.0 Å². The van der Waals surface area contributed by atoms with Gasteiger partial charge in [0, 0.05) is 6.04 Å². The van der Waals surface area contributed by atoms with E-state index in [0.29, 0.717) is 24.3 Å². The van der Waals surface area contributed by atoms with Crippen molar-refractivity contribution >= 4 is 12.4 Å². The Bertz CT molecular complexity index is 408. The van der Waals surface area contributed by atoms with E-state index in [1.54, 1.807) is 0 Å². The predicted octanol–water partition coefficient (Wildman–Crippen LogP) is 2.70. The summed E-state index contributed by atoms with van der Waals surface area (Å²) in [6.45, 7) is 6.81. The van der Waals surface area contributed by atoms with Gasteiger partial charge in [0.15, 0.2) is 5.82 Å². The summed E-state index contributed by atoms with van der Waals surface area (Å²) < 4.78 is 5.29. The molecule has 0 atom stereocenters. The Labute approximate surface area is 127 Å². The van der Waals surface area contributed by atoms with Crippen LogP contribution in [0.4, 0.5) is 0 Å².